The summed E-state index contributed by atoms with van der Waals surface area (Å²) < 4.78 is 12.9. The molecular weight excluding hydrogens is 341 g/mol. The van der Waals surface area contributed by atoms with Gasteiger partial charge >= 0.3 is 0 Å². The summed E-state index contributed by atoms with van der Waals surface area (Å²) in [4.78, 5) is 12.1. The van der Waals surface area contributed by atoms with E-state index < -0.39 is 0 Å². The molecule has 2 aromatic carbocycles. The first-order valence-corrected chi connectivity index (χ1v) is 9.69. The second kappa shape index (κ2) is 7.22. The molecule has 4 rings (SSSR count). The lowest BCUT2D eigenvalue weighted by molar-refractivity contribution is -0.127. The van der Waals surface area contributed by atoms with Gasteiger partial charge in [-0.3, -0.25) is 4.79 Å². The molecule has 1 amide bonds. The van der Waals surface area contributed by atoms with E-state index >= 15 is 0 Å². The van der Waals surface area contributed by atoms with Crippen LogP contribution in [0.1, 0.15) is 30.4 Å². The topological polar surface area (TPSA) is 67.2 Å². The summed E-state index contributed by atoms with van der Waals surface area (Å²) in [5.41, 5.74) is 10.0. The molecule has 2 unspecified atom stereocenters. The van der Waals surface area contributed by atoms with Gasteiger partial charge in [-0.25, -0.2) is 4.39 Å². The molecule has 0 heterocycles. The lowest BCUT2D eigenvalue weighted by Gasteiger charge is -2.25. The second-order valence-corrected chi connectivity index (χ2v) is 7.98. The van der Waals surface area contributed by atoms with Crippen LogP contribution in [-0.4, -0.2) is 19.0 Å². The van der Waals surface area contributed by atoms with Crippen molar-refractivity contribution in [2.75, 3.05) is 23.7 Å². The van der Waals surface area contributed by atoms with Crippen molar-refractivity contribution in [3.8, 4) is 0 Å². The Labute approximate surface area is 159 Å². The van der Waals surface area contributed by atoms with Crippen molar-refractivity contribution in [3.05, 3.63) is 59.4 Å². The molecule has 4 nitrogen and oxygen atoms in total. The molecule has 0 radical (unpaired) electrons. The Morgan fingerprint density at radius 2 is 1.78 bits per heavy atom. The van der Waals surface area contributed by atoms with Gasteiger partial charge in [0.25, 0.3) is 0 Å². The van der Waals surface area contributed by atoms with Gasteiger partial charge in [-0.1, -0.05) is 6.07 Å². The third kappa shape index (κ3) is 3.77. The maximum absolute atomic E-state index is 12.9. The lowest BCUT2D eigenvalue weighted by Crippen LogP contribution is -2.36. The van der Waals surface area contributed by atoms with E-state index in [-0.39, 0.29) is 17.1 Å². The number of rotatable bonds is 6. The van der Waals surface area contributed by atoms with Crippen LogP contribution in [0.2, 0.25) is 0 Å². The molecule has 142 valence electrons. The highest BCUT2D eigenvalue weighted by Crippen LogP contribution is 2.48. The Morgan fingerprint density at radius 1 is 1.07 bits per heavy atom. The maximum Gasteiger partial charge on any atom is 0.223 e. The van der Waals surface area contributed by atoms with Crippen molar-refractivity contribution in [3.63, 3.8) is 0 Å². The van der Waals surface area contributed by atoms with Crippen LogP contribution in [0, 0.1) is 17.2 Å². The number of carbonyl (C=O) groups excluding carboxylic acids is 1. The average molecular weight is 367 g/mol. The fourth-order valence-electron chi connectivity index (χ4n) is 4.64. The number of fused-ring (bicyclic) bond motifs is 3. The Bertz CT molecular complexity index is 836. The predicted octanol–water partition coefficient (Wildman–Crippen LogP) is 3.72. The fourth-order valence-corrected chi connectivity index (χ4v) is 4.64. The summed E-state index contributed by atoms with van der Waals surface area (Å²) in [6, 6.07) is 12.9. The van der Waals surface area contributed by atoms with Gasteiger partial charge in [-0.15, -0.1) is 0 Å². The molecule has 0 saturated heterocycles. The summed E-state index contributed by atoms with van der Waals surface area (Å²) in [5.74, 6) is 0.211. The van der Waals surface area contributed by atoms with Crippen molar-refractivity contribution in [1.82, 2.24) is 0 Å². The Kier molecular flexibility index (Phi) is 4.77. The lowest BCUT2D eigenvalue weighted by atomic mass is 9.79. The SMILES string of the molecule is NC(=O)C12CCC(Cc3ccc(NCCNc4ccc(F)cc4)cc3C1)C2. The zero-order chi connectivity index (χ0) is 18.9. The van der Waals surface area contributed by atoms with Crippen LogP contribution in [0.15, 0.2) is 42.5 Å². The van der Waals surface area contributed by atoms with Gasteiger partial charge < -0.3 is 16.4 Å². The van der Waals surface area contributed by atoms with Crippen LogP contribution >= 0.6 is 0 Å². The Morgan fingerprint density at radius 3 is 2.52 bits per heavy atom. The van der Waals surface area contributed by atoms with E-state index in [1.54, 1.807) is 12.1 Å². The largest absolute Gasteiger partial charge is 0.383 e. The average Bonchev–Trinajstić information content (AvgIpc) is 2.97. The first-order valence-electron chi connectivity index (χ1n) is 9.69. The molecule has 27 heavy (non-hydrogen) atoms. The number of benzene rings is 2. The quantitative estimate of drug-likeness (QED) is 0.682. The van der Waals surface area contributed by atoms with Gasteiger partial charge in [0.1, 0.15) is 5.82 Å². The Balaban J connectivity index is 1.39. The van der Waals surface area contributed by atoms with Crippen LogP contribution in [-0.2, 0) is 17.6 Å². The van der Waals surface area contributed by atoms with Crippen LogP contribution in [0.5, 0.6) is 0 Å². The minimum atomic E-state index is -0.349. The number of amides is 1. The molecule has 2 aliphatic carbocycles. The molecular formula is C22H26FN3O. The van der Waals surface area contributed by atoms with Gasteiger partial charge in [0.15, 0.2) is 0 Å². The molecule has 0 spiro atoms. The molecule has 2 aliphatic rings. The Hall–Kier alpha value is -2.56. The van der Waals surface area contributed by atoms with Crippen molar-refractivity contribution in [2.45, 2.75) is 32.1 Å². The zero-order valence-corrected chi connectivity index (χ0v) is 15.4. The number of primary amides is 1. The number of nitrogens with two attached hydrogens (primary N) is 1. The summed E-state index contributed by atoms with van der Waals surface area (Å²) in [6.07, 6.45) is 4.78. The van der Waals surface area contributed by atoms with Crippen molar-refractivity contribution in [2.24, 2.45) is 17.1 Å². The predicted molar refractivity (Wildman–Crippen MR) is 106 cm³/mol. The summed E-state index contributed by atoms with van der Waals surface area (Å²) >= 11 is 0. The maximum atomic E-state index is 12.9. The smallest absolute Gasteiger partial charge is 0.223 e. The minimum absolute atomic E-state index is 0.139. The highest BCUT2D eigenvalue weighted by Gasteiger charge is 2.46. The highest BCUT2D eigenvalue weighted by atomic mass is 19.1. The third-order valence-electron chi connectivity index (χ3n) is 6.10. The standard InChI is InChI=1S/C22H26FN3O/c23-18-2-5-19(6-3-18)25-9-10-26-20-4-1-16-11-15-7-8-22(13-15,21(24)27)14-17(16)12-20/h1-6,12,15,25-26H,7-11,13-14H2,(H2,24,27). The number of hydrogen-bond acceptors (Lipinski definition) is 3. The van der Waals surface area contributed by atoms with E-state index in [1.165, 1.54) is 23.3 Å². The van der Waals surface area contributed by atoms with E-state index in [0.29, 0.717) is 5.92 Å². The molecule has 4 N–H and O–H groups in total. The third-order valence-corrected chi connectivity index (χ3v) is 6.10. The summed E-state index contributed by atoms with van der Waals surface area (Å²) in [7, 11) is 0. The number of hydrogen-bond donors (Lipinski definition) is 3. The normalized spacial score (nSPS) is 23.4. The second-order valence-electron chi connectivity index (χ2n) is 7.98. The first-order chi connectivity index (χ1) is 13.0. The van der Waals surface area contributed by atoms with E-state index in [1.807, 2.05) is 0 Å². The molecule has 0 aliphatic heterocycles. The van der Waals surface area contributed by atoms with Gasteiger partial charge in [0.2, 0.25) is 5.91 Å². The molecule has 2 bridgehead atoms. The van der Waals surface area contributed by atoms with Crippen LogP contribution in [0.4, 0.5) is 15.8 Å². The number of carbonyl (C=O) groups is 1. The highest BCUT2D eigenvalue weighted by molar-refractivity contribution is 5.82. The van der Waals surface area contributed by atoms with Gasteiger partial charge in [0.05, 0.1) is 5.41 Å². The van der Waals surface area contributed by atoms with Crippen molar-refractivity contribution in [1.29, 1.82) is 0 Å². The number of halogens is 1. The molecule has 1 fully saturated rings. The van der Waals surface area contributed by atoms with Crippen LogP contribution in [0.25, 0.3) is 0 Å². The van der Waals surface area contributed by atoms with Crippen molar-refractivity contribution >= 4 is 17.3 Å². The first kappa shape index (κ1) is 17.8. The number of nitrogens with one attached hydrogen (secondary N) is 2. The minimum Gasteiger partial charge on any atom is -0.383 e. The van der Waals surface area contributed by atoms with Gasteiger partial charge in [-0.05, 0) is 85.5 Å². The molecule has 5 heteroatoms. The fraction of sp³-hybridized carbons (Fsp3) is 0.409. The number of anilines is 2. The molecule has 0 aromatic heterocycles. The van der Waals surface area contributed by atoms with E-state index in [2.05, 4.69) is 28.8 Å². The van der Waals surface area contributed by atoms with Gasteiger partial charge in [0, 0.05) is 24.5 Å². The van der Waals surface area contributed by atoms with E-state index in [0.717, 1.165) is 56.6 Å². The summed E-state index contributed by atoms with van der Waals surface area (Å²) in [5, 5.41) is 6.70. The summed E-state index contributed by atoms with van der Waals surface area (Å²) in [6.45, 7) is 1.48. The van der Waals surface area contributed by atoms with Crippen molar-refractivity contribution < 1.29 is 9.18 Å². The molecule has 2 atom stereocenters. The monoisotopic (exact) mass is 367 g/mol. The van der Waals surface area contributed by atoms with Crippen LogP contribution in [0.3, 0.4) is 0 Å². The zero-order valence-electron chi connectivity index (χ0n) is 15.4. The molecule has 2 aromatic rings. The van der Waals surface area contributed by atoms with Crippen LogP contribution < -0.4 is 16.4 Å². The van der Waals surface area contributed by atoms with E-state index in [9.17, 15) is 9.18 Å². The van der Waals surface area contributed by atoms with Gasteiger partial charge in [-0.2, -0.15) is 0 Å². The van der Waals surface area contributed by atoms with E-state index in [4.69, 9.17) is 5.73 Å². The molecule has 1 saturated carbocycles.